The third-order valence-electron chi connectivity index (χ3n) is 1.75. The highest BCUT2D eigenvalue weighted by Gasteiger charge is 2.33. The Morgan fingerprint density at radius 3 is 2.00 bits per heavy atom. The van der Waals surface area contributed by atoms with Gasteiger partial charge in [0.15, 0.2) is 4.47 Å². The van der Waals surface area contributed by atoms with Gasteiger partial charge in [-0.15, -0.1) is 0 Å². The Balaban J connectivity index is 4.05. The molecule has 2 nitrogen and oxygen atoms in total. The summed E-state index contributed by atoms with van der Waals surface area (Å²) in [7, 11) is -0.273. The molecule has 0 aromatic heterocycles. The molecule has 0 bridgehead atoms. The van der Waals surface area contributed by atoms with Gasteiger partial charge in [0.25, 0.3) is 0 Å². The number of halogens is 2. The molecule has 0 spiro atoms. The molecule has 0 rings (SSSR count). The van der Waals surface area contributed by atoms with Crippen molar-refractivity contribution in [3.63, 3.8) is 0 Å². The third-order valence-corrected chi connectivity index (χ3v) is 6.09. The summed E-state index contributed by atoms with van der Waals surface area (Å²) < 4.78 is 10.4. The van der Waals surface area contributed by atoms with Gasteiger partial charge in [-0.2, -0.15) is 0 Å². The fourth-order valence-corrected chi connectivity index (χ4v) is 4.26. The van der Waals surface area contributed by atoms with Crippen molar-refractivity contribution in [1.29, 1.82) is 0 Å². The minimum absolute atomic E-state index is 0.422. The van der Waals surface area contributed by atoms with E-state index in [4.69, 9.17) is 20.5 Å². The number of alkyl halides is 2. The lowest BCUT2D eigenvalue weighted by atomic mass is 10.9. The summed E-state index contributed by atoms with van der Waals surface area (Å²) in [5.74, 6) is 0. The molecule has 0 radical (unpaired) electrons. The first-order valence-corrected chi connectivity index (χ1v) is 7.19. The summed E-state index contributed by atoms with van der Waals surface area (Å²) >= 11 is 8.78. The molecule has 0 amide bonds. The van der Waals surface area contributed by atoms with Crippen LogP contribution < -0.4 is 0 Å². The molecule has 0 saturated heterocycles. The third kappa shape index (κ3) is 3.89. The van der Waals surface area contributed by atoms with Crippen molar-refractivity contribution in [3.8, 4) is 0 Å². The molecule has 5 heteroatoms. The summed E-state index contributed by atoms with van der Waals surface area (Å²) in [5.41, 5.74) is 0. The van der Waals surface area contributed by atoms with Gasteiger partial charge < -0.3 is 8.85 Å². The first-order chi connectivity index (χ1) is 5.10. The normalized spacial score (nSPS) is 15.0. The highest BCUT2D eigenvalue weighted by molar-refractivity contribution is 9.10. The zero-order valence-corrected chi connectivity index (χ0v) is 10.4. The van der Waals surface area contributed by atoms with Gasteiger partial charge >= 0.3 is 8.56 Å². The molecule has 0 heterocycles. The SMILES string of the molecule is CC[Si](CC)(OC)OC(Cl)Br. The average Bonchev–Trinajstić information content (AvgIpc) is 2.00. The van der Waals surface area contributed by atoms with E-state index in [-0.39, 0.29) is 0 Å². The molecule has 0 saturated carbocycles. The monoisotopic (exact) mass is 260 g/mol. The van der Waals surface area contributed by atoms with Crippen LogP contribution in [0.5, 0.6) is 0 Å². The van der Waals surface area contributed by atoms with E-state index in [9.17, 15) is 0 Å². The standard InChI is InChI=1S/C6H14BrClO2Si/c1-4-11(5-2,9-3)10-6(7)8/h6H,4-5H2,1-3H3. The highest BCUT2D eigenvalue weighted by Crippen LogP contribution is 2.23. The Morgan fingerprint density at radius 2 is 1.91 bits per heavy atom. The lowest BCUT2D eigenvalue weighted by Gasteiger charge is -2.27. The molecule has 0 N–H and O–H groups in total. The Kier molecular flexibility index (Phi) is 5.99. The maximum Gasteiger partial charge on any atom is 0.339 e. The van der Waals surface area contributed by atoms with Gasteiger partial charge in [0.2, 0.25) is 0 Å². The second kappa shape index (κ2) is 5.53. The van der Waals surface area contributed by atoms with E-state index in [0.717, 1.165) is 12.1 Å². The van der Waals surface area contributed by atoms with Gasteiger partial charge in [0, 0.05) is 7.11 Å². The van der Waals surface area contributed by atoms with Crippen LogP contribution in [0.3, 0.4) is 0 Å². The molecule has 0 aromatic carbocycles. The van der Waals surface area contributed by atoms with Crippen LogP contribution >= 0.6 is 27.5 Å². The van der Waals surface area contributed by atoms with Crippen LogP contribution in [0.15, 0.2) is 0 Å². The first-order valence-electron chi connectivity index (χ1n) is 3.61. The van der Waals surface area contributed by atoms with E-state index in [1.165, 1.54) is 0 Å². The van der Waals surface area contributed by atoms with Gasteiger partial charge in [0.1, 0.15) is 0 Å². The lowest BCUT2D eigenvalue weighted by molar-refractivity contribution is 0.222. The zero-order chi connectivity index (χ0) is 8.91. The van der Waals surface area contributed by atoms with E-state index < -0.39 is 13.0 Å². The van der Waals surface area contributed by atoms with Crippen molar-refractivity contribution in [2.45, 2.75) is 30.4 Å². The molecular formula is C6H14BrClO2Si. The van der Waals surface area contributed by atoms with Crippen molar-refractivity contribution in [1.82, 2.24) is 0 Å². The topological polar surface area (TPSA) is 18.5 Å². The molecule has 0 aromatic rings. The van der Waals surface area contributed by atoms with Gasteiger partial charge in [-0.05, 0) is 28.0 Å². The molecule has 68 valence electrons. The van der Waals surface area contributed by atoms with Crippen LogP contribution in [0, 0.1) is 0 Å². The van der Waals surface area contributed by atoms with Gasteiger partial charge in [-0.3, -0.25) is 0 Å². The van der Waals surface area contributed by atoms with Crippen molar-refractivity contribution < 1.29 is 8.85 Å². The predicted octanol–water partition coefficient (Wildman–Crippen LogP) is 3.05. The molecule has 0 aliphatic rings. The second-order valence-electron chi connectivity index (χ2n) is 2.20. The lowest BCUT2D eigenvalue weighted by Crippen LogP contribution is -2.40. The van der Waals surface area contributed by atoms with E-state index in [1.54, 1.807) is 7.11 Å². The maximum absolute atomic E-state index is 5.65. The van der Waals surface area contributed by atoms with Crippen LogP contribution in [-0.2, 0) is 8.85 Å². The van der Waals surface area contributed by atoms with Crippen molar-refractivity contribution in [2.75, 3.05) is 7.11 Å². The number of hydrogen-bond donors (Lipinski definition) is 0. The largest absolute Gasteiger partial charge is 0.398 e. The summed E-state index contributed by atoms with van der Waals surface area (Å²) in [4.78, 5) is 0. The Hall–Kier alpha value is 0.907. The summed E-state index contributed by atoms with van der Waals surface area (Å²) in [6.45, 7) is 4.12. The molecule has 0 aliphatic heterocycles. The Labute approximate surface area is 82.6 Å². The van der Waals surface area contributed by atoms with Gasteiger partial charge in [-0.1, -0.05) is 25.4 Å². The zero-order valence-electron chi connectivity index (χ0n) is 7.06. The van der Waals surface area contributed by atoms with Gasteiger partial charge in [-0.25, -0.2) is 0 Å². The van der Waals surface area contributed by atoms with Crippen LogP contribution in [0.25, 0.3) is 0 Å². The van der Waals surface area contributed by atoms with E-state index in [0.29, 0.717) is 0 Å². The molecule has 0 aliphatic carbocycles. The second-order valence-corrected chi connectivity index (χ2v) is 7.84. The molecule has 0 fully saturated rings. The smallest absolute Gasteiger partial charge is 0.339 e. The number of hydrogen-bond acceptors (Lipinski definition) is 2. The van der Waals surface area contributed by atoms with Crippen molar-refractivity contribution >= 4 is 36.1 Å². The fraction of sp³-hybridized carbons (Fsp3) is 1.00. The first kappa shape index (κ1) is 11.9. The Bertz CT molecular complexity index is 100. The predicted molar refractivity (Wildman–Crippen MR) is 53.4 cm³/mol. The molecule has 1 unspecified atom stereocenters. The highest BCUT2D eigenvalue weighted by atomic mass is 79.9. The van der Waals surface area contributed by atoms with Crippen LogP contribution in [0.2, 0.25) is 12.1 Å². The minimum atomic E-state index is -1.96. The van der Waals surface area contributed by atoms with Gasteiger partial charge in [0.05, 0.1) is 0 Å². The van der Waals surface area contributed by atoms with E-state index in [2.05, 4.69) is 29.8 Å². The summed E-state index contributed by atoms with van der Waals surface area (Å²) in [6.07, 6.45) is 0. The minimum Gasteiger partial charge on any atom is -0.398 e. The quantitative estimate of drug-likeness (QED) is 0.559. The summed E-state index contributed by atoms with van der Waals surface area (Å²) in [5, 5.41) is 0. The average molecular weight is 262 g/mol. The summed E-state index contributed by atoms with van der Waals surface area (Å²) in [6, 6.07) is 1.85. The fourth-order valence-electron chi connectivity index (χ4n) is 0.916. The number of rotatable bonds is 5. The molecule has 1 atom stereocenters. The van der Waals surface area contributed by atoms with Crippen LogP contribution in [0.4, 0.5) is 0 Å². The molecule has 11 heavy (non-hydrogen) atoms. The van der Waals surface area contributed by atoms with E-state index >= 15 is 0 Å². The molecular weight excluding hydrogens is 248 g/mol. The van der Waals surface area contributed by atoms with Crippen molar-refractivity contribution in [3.05, 3.63) is 0 Å². The van der Waals surface area contributed by atoms with Crippen LogP contribution in [0.1, 0.15) is 13.8 Å². The Morgan fingerprint density at radius 1 is 1.45 bits per heavy atom. The maximum atomic E-state index is 5.65. The van der Waals surface area contributed by atoms with Crippen molar-refractivity contribution in [2.24, 2.45) is 0 Å². The van der Waals surface area contributed by atoms with Crippen LogP contribution in [-0.4, -0.2) is 20.1 Å². The van der Waals surface area contributed by atoms with E-state index in [1.807, 2.05) is 0 Å².